The molecule has 0 aromatic heterocycles. The quantitative estimate of drug-likeness (QED) is 0.342. The lowest BCUT2D eigenvalue weighted by Crippen LogP contribution is -2.35. The molecule has 1 aromatic rings. The van der Waals surface area contributed by atoms with Gasteiger partial charge in [-0.1, -0.05) is 13.8 Å². The molecule has 27 heavy (non-hydrogen) atoms. The van der Waals surface area contributed by atoms with Gasteiger partial charge < -0.3 is 15.5 Å². The number of non-ortho nitro benzene ring substituents is 1. The Hall–Kier alpha value is -2.86. The molecular weight excluding hydrogens is 364 g/mol. The summed E-state index contributed by atoms with van der Waals surface area (Å²) < 4.78 is 0. The van der Waals surface area contributed by atoms with E-state index in [0.29, 0.717) is 18.7 Å². The molecule has 1 aromatic carbocycles. The Morgan fingerprint density at radius 1 is 1.04 bits per heavy atom. The van der Waals surface area contributed by atoms with Crippen molar-refractivity contribution in [2.45, 2.75) is 39.7 Å². The first-order valence-electron chi connectivity index (χ1n) is 7.99. The van der Waals surface area contributed by atoms with Gasteiger partial charge in [-0.05, 0) is 32.7 Å². The Morgan fingerprint density at radius 2 is 1.48 bits per heavy atom. The Bertz CT molecular complexity index is 650. The van der Waals surface area contributed by atoms with E-state index in [4.69, 9.17) is 5.11 Å². The molecule has 0 saturated heterocycles. The summed E-state index contributed by atoms with van der Waals surface area (Å²) in [5, 5.41) is 52.7. The van der Waals surface area contributed by atoms with Crippen LogP contribution in [-0.4, -0.2) is 43.7 Å². The Morgan fingerprint density at radius 3 is 1.78 bits per heavy atom. The minimum absolute atomic E-state index is 0.447. The monoisotopic (exact) mass is 388 g/mol. The summed E-state index contributed by atoms with van der Waals surface area (Å²) >= 11 is 0. The smallest absolute Gasteiger partial charge is 0.324 e. The van der Waals surface area contributed by atoms with Crippen molar-refractivity contribution in [3.8, 4) is 5.75 Å². The van der Waals surface area contributed by atoms with Crippen molar-refractivity contribution < 1.29 is 25.0 Å². The molecule has 0 radical (unpaired) electrons. The van der Waals surface area contributed by atoms with Crippen LogP contribution in [0.5, 0.6) is 5.75 Å². The molecule has 0 aliphatic heterocycles. The van der Waals surface area contributed by atoms with Gasteiger partial charge in [0.05, 0.1) is 32.5 Å². The molecule has 0 fully saturated rings. The summed E-state index contributed by atoms with van der Waals surface area (Å²) in [6.45, 7) is 9.71. The van der Waals surface area contributed by atoms with Crippen LogP contribution in [-0.2, 0) is 0 Å². The van der Waals surface area contributed by atoms with Gasteiger partial charge in [-0.3, -0.25) is 30.3 Å². The first kappa shape index (κ1) is 24.1. The normalized spacial score (nSPS) is 10.9. The zero-order valence-electron chi connectivity index (χ0n) is 15.5. The number of aromatic hydroxyl groups is 1. The highest BCUT2D eigenvalue weighted by molar-refractivity contribution is 5.64. The minimum atomic E-state index is -1.21. The minimum Gasteiger partial charge on any atom is -0.497 e. The molecule has 0 bridgehead atoms. The number of nitrogens with one attached hydrogen (secondary N) is 1. The maximum atomic E-state index is 10.4. The van der Waals surface area contributed by atoms with Crippen LogP contribution < -0.4 is 5.32 Å². The third-order valence-corrected chi connectivity index (χ3v) is 3.11. The molecule has 1 rings (SSSR count). The van der Waals surface area contributed by atoms with Crippen molar-refractivity contribution >= 4 is 17.1 Å². The average molecular weight is 388 g/mol. The summed E-state index contributed by atoms with van der Waals surface area (Å²) in [5.41, 5.74) is -3.57. The van der Waals surface area contributed by atoms with Gasteiger partial charge in [-0.2, -0.15) is 0 Å². The maximum Gasteiger partial charge on any atom is 0.324 e. The van der Waals surface area contributed by atoms with Gasteiger partial charge in [0.15, 0.2) is 0 Å². The predicted molar refractivity (Wildman–Crippen MR) is 96.7 cm³/mol. The molecule has 0 amide bonds. The fourth-order valence-electron chi connectivity index (χ4n) is 1.76. The molecule has 0 atom stereocenters. The molecule has 12 nitrogen and oxygen atoms in total. The molecule has 0 aliphatic carbocycles. The molecule has 3 N–H and O–H groups in total. The Kier molecular flexibility index (Phi) is 9.23. The van der Waals surface area contributed by atoms with Crippen LogP contribution >= 0.6 is 0 Å². The van der Waals surface area contributed by atoms with Gasteiger partial charge in [0, 0.05) is 6.54 Å². The van der Waals surface area contributed by atoms with E-state index in [1.54, 1.807) is 0 Å². The first-order chi connectivity index (χ1) is 12.3. The second kappa shape index (κ2) is 10.3. The van der Waals surface area contributed by atoms with E-state index in [-0.39, 0.29) is 0 Å². The van der Waals surface area contributed by atoms with Gasteiger partial charge >= 0.3 is 11.4 Å². The number of aliphatic hydroxyl groups is 1. The third kappa shape index (κ3) is 9.42. The van der Waals surface area contributed by atoms with Gasteiger partial charge in [0.25, 0.3) is 11.4 Å². The number of hydrogen-bond donors (Lipinski definition) is 3. The second-order valence-corrected chi connectivity index (χ2v) is 6.78. The molecule has 0 aliphatic rings. The highest BCUT2D eigenvalue weighted by Gasteiger charge is 2.30. The van der Waals surface area contributed by atoms with E-state index in [1.165, 1.54) is 6.42 Å². The van der Waals surface area contributed by atoms with E-state index in [0.717, 1.165) is 12.5 Å². The van der Waals surface area contributed by atoms with Crippen LogP contribution in [0.2, 0.25) is 0 Å². The summed E-state index contributed by atoms with van der Waals surface area (Å²) in [7, 11) is 0. The van der Waals surface area contributed by atoms with Crippen LogP contribution in [0, 0.1) is 36.3 Å². The first-order valence-corrected chi connectivity index (χ1v) is 7.99. The van der Waals surface area contributed by atoms with Gasteiger partial charge in [-0.25, -0.2) is 0 Å². The second-order valence-electron chi connectivity index (χ2n) is 6.78. The zero-order valence-corrected chi connectivity index (χ0v) is 15.5. The number of rotatable bonds is 8. The lowest BCUT2D eigenvalue weighted by molar-refractivity contribution is -0.404. The van der Waals surface area contributed by atoms with Crippen LogP contribution in [0.25, 0.3) is 0 Å². The molecule has 0 spiro atoms. The lowest BCUT2D eigenvalue weighted by Gasteiger charge is -2.17. The number of nitro benzene ring substituents is 3. The topological polar surface area (TPSA) is 182 Å². The standard InChI is InChI=1S/C9H21NO.C6H3N3O7/c1-8(2)5-6-10-7-9(3,4)11;10-6-4(8(13)14)1-3(7(11)12)2-5(6)9(15)16/h8,10-11H,5-7H2,1-4H3;1-2,10H. The number of nitrogens with zero attached hydrogens (tertiary/aromatic N) is 3. The van der Waals surface area contributed by atoms with E-state index in [9.17, 15) is 35.4 Å². The van der Waals surface area contributed by atoms with E-state index in [2.05, 4.69) is 19.2 Å². The zero-order chi connectivity index (χ0) is 21.4. The van der Waals surface area contributed by atoms with E-state index in [1.807, 2.05) is 13.8 Å². The average Bonchev–Trinajstić information content (AvgIpc) is 2.50. The highest BCUT2D eigenvalue weighted by atomic mass is 16.6. The summed E-state index contributed by atoms with van der Waals surface area (Å²) in [5.74, 6) is -0.468. The Labute approximate surface area is 155 Å². The van der Waals surface area contributed by atoms with Crippen molar-refractivity contribution in [1.29, 1.82) is 0 Å². The van der Waals surface area contributed by atoms with Gasteiger partial charge in [0.1, 0.15) is 0 Å². The highest BCUT2D eigenvalue weighted by Crippen LogP contribution is 2.38. The fourth-order valence-corrected chi connectivity index (χ4v) is 1.76. The van der Waals surface area contributed by atoms with Crippen LogP contribution in [0.15, 0.2) is 12.1 Å². The van der Waals surface area contributed by atoms with Crippen molar-refractivity contribution in [3.63, 3.8) is 0 Å². The number of hydrogen-bond acceptors (Lipinski definition) is 9. The van der Waals surface area contributed by atoms with Crippen molar-refractivity contribution in [2.24, 2.45) is 5.92 Å². The summed E-state index contributed by atoms with van der Waals surface area (Å²) in [4.78, 5) is 27.8. The van der Waals surface area contributed by atoms with Gasteiger partial charge in [0.2, 0.25) is 0 Å². The molecule has 0 heterocycles. The molecule has 0 unspecified atom stereocenters. The maximum absolute atomic E-state index is 10.4. The van der Waals surface area contributed by atoms with Crippen molar-refractivity contribution in [2.75, 3.05) is 13.1 Å². The van der Waals surface area contributed by atoms with Crippen molar-refractivity contribution in [3.05, 3.63) is 42.5 Å². The molecule has 0 saturated carbocycles. The molecule has 152 valence electrons. The predicted octanol–water partition coefficient (Wildman–Crippen LogP) is 2.51. The van der Waals surface area contributed by atoms with Crippen LogP contribution in [0.3, 0.4) is 0 Å². The molecule has 12 heteroatoms. The van der Waals surface area contributed by atoms with E-state index < -0.39 is 43.2 Å². The summed E-state index contributed by atoms with van der Waals surface area (Å²) in [6.07, 6.45) is 1.18. The van der Waals surface area contributed by atoms with Gasteiger partial charge in [-0.15, -0.1) is 0 Å². The lowest BCUT2D eigenvalue weighted by atomic mass is 10.1. The number of phenolic OH excluding ortho intramolecular Hbond substituents is 1. The summed E-state index contributed by atoms with van der Waals surface area (Å²) in [6, 6.07) is 0.894. The SMILES string of the molecule is CC(C)CCNCC(C)(C)O.O=[N+]([O-])c1cc([N+](=O)[O-])c(O)c([N+](=O)[O-])c1. The Balaban J connectivity index is 0.000000541. The van der Waals surface area contributed by atoms with Crippen LogP contribution in [0.1, 0.15) is 34.1 Å². The third-order valence-electron chi connectivity index (χ3n) is 3.11. The molecular formula is C15H24N4O8. The number of nitro groups is 3. The number of phenols is 1. The fraction of sp³-hybridized carbons (Fsp3) is 0.600. The van der Waals surface area contributed by atoms with Crippen LogP contribution in [0.4, 0.5) is 17.1 Å². The number of benzene rings is 1. The van der Waals surface area contributed by atoms with Crippen molar-refractivity contribution in [1.82, 2.24) is 5.32 Å². The largest absolute Gasteiger partial charge is 0.497 e. The van der Waals surface area contributed by atoms with E-state index >= 15 is 0 Å².